The topological polar surface area (TPSA) is 76.7 Å². The van der Waals surface area contributed by atoms with E-state index in [2.05, 4.69) is 9.97 Å². The van der Waals surface area contributed by atoms with E-state index in [0.717, 1.165) is 0 Å². The van der Waals surface area contributed by atoms with Crippen molar-refractivity contribution in [2.24, 2.45) is 0 Å². The lowest BCUT2D eigenvalue weighted by atomic mass is 10.2. The van der Waals surface area contributed by atoms with Crippen LogP contribution < -0.4 is 4.74 Å². The van der Waals surface area contributed by atoms with Crippen LogP contribution in [0.1, 0.15) is 16.1 Å². The lowest BCUT2D eigenvalue weighted by Gasteiger charge is -2.07. The Bertz CT molecular complexity index is 783. The molecule has 106 valence electrons. The van der Waals surface area contributed by atoms with E-state index < -0.39 is 5.97 Å². The van der Waals surface area contributed by atoms with Crippen LogP contribution in [0.5, 0.6) is 5.75 Å². The van der Waals surface area contributed by atoms with Gasteiger partial charge in [0.2, 0.25) is 5.78 Å². The number of hydrogen-bond acceptors (Lipinski definition) is 4. The van der Waals surface area contributed by atoms with E-state index >= 15 is 0 Å². The van der Waals surface area contributed by atoms with Crippen LogP contribution in [0.25, 0.3) is 5.78 Å². The molecule has 3 aromatic rings. The molecule has 0 unspecified atom stereocenters. The molecule has 0 aliphatic rings. The molecule has 6 nitrogen and oxygen atoms in total. The van der Waals surface area contributed by atoms with Gasteiger partial charge in [0, 0.05) is 23.6 Å². The fourth-order valence-electron chi connectivity index (χ4n) is 1.90. The number of hydrogen-bond donors (Lipinski definition) is 1. The zero-order chi connectivity index (χ0) is 14.8. The number of imidazole rings is 1. The van der Waals surface area contributed by atoms with Gasteiger partial charge in [-0.25, -0.2) is 14.8 Å². The summed E-state index contributed by atoms with van der Waals surface area (Å²) in [5.41, 5.74) is 0.671. The van der Waals surface area contributed by atoms with Gasteiger partial charge in [-0.15, -0.1) is 0 Å². The number of fused-ring (bicyclic) bond motifs is 1. The van der Waals surface area contributed by atoms with E-state index in [4.69, 9.17) is 21.4 Å². The lowest BCUT2D eigenvalue weighted by Crippen LogP contribution is -2.03. The van der Waals surface area contributed by atoms with Crippen LogP contribution in [0, 0.1) is 0 Å². The average Bonchev–Trinajstić information content (AvgIpc) is 2.88. The summed E-state index contributed by atoms with van der Waals surface area (Å²) in [6, 6.07) is 6.25. The van der Waals surface area contributed by atoms with Gasteiger partial charge in [0.15, 0.2) is 0 Å². The molecule has 7 heteroatoms. The van der Waals surface area contributed by atoms with Gasteiger partial charge in [-0.3, -0.25) is 4.40 Å². The Morgan fingerprint density at radius 3 is 3.05 bits per heavy atom. The third-order valence-electron chi connectivity index (χ3n) is 2.83. The fourth-order valence-corrected chi connectivity index (χ4v) is 2.07. The van der Waals surface area contributed by atoms with Crippen molar-refractivity contribution in [3.63, 3.8) is 0 Å². The minimum absolute atomic E-state index is 0.0180. The predicted molar refractivity (Wildman–Crippen MR) is 75.7 cm³/mol. The number of carbonyl (C=O) groups is 1. The van der Waals surface area contributed by atoms with Gasteiger partial charge in [-0.1, -0.05) is 11.6 Å². The second-order valence-corrected chi connectivity index (χ2v) is 4.73. The average molecular weight is 304 g/mol. The van der Waals surface area contributed by atoms with Gasteiger partial charge >= 0.3 is 5.97 Å². The first-order valence-electron chi connectivity index (χ1n) is 6.08. The summed E-state index contributed by atoms with van der Waals surface area (Å²) in [5.74, 6) is -0.285. The van der Waals surface area contributed by atoms with Crippen LogP contribution in [0.3, 0.4) is 0 Å². The third kappa shape index (κ3) is 2.80. The molecule has 1 N–H and O–H groups in total. The number of carboxylic acid groups (broad SMARTS) is 1. The molecule has 21 heavy (non-hydrogen) atoms. The Morgan fingerprint density at radius 1 is 1.43 bits per heavy atom. The lowest BCUT2D eigenvalue weighted by molar-refractivity contribution is 0.0691. The Balaban J connectivity index is 1.83. The van der Waals surface area contributed by atoms with Crippen LogP contribution in [0.15, 0.2) is 42.9 Å². The Morgan fingerprint density at radius 2 is 2.29 bits per heavy atom. The summed E-state index contributed by atoms with van der Waals surface area (Å²) in [6.45, 7) is 0.144. The van der Waals surface area contributed by atoms with Gasteiger partial charge in [0.1, 0.15) is 17.9 Å². The smallest absolute Gasteiger partial charge is 0.339 e. The largest absolute Gasteiger partial charge is 0.486 e. The molecule has 0 bridgehead atoms. The highest BCUT2D eigenvalue weighted by molar-refractivity contribution is 6.31. The summed E-state index contributed by atoms with van der Waals surface area (Å²) in [7, 11) is 0. The SMILES string of the molecule is O=C(O)c1cc(Cl)ccc1OCc1cn2cccnc2n1. The van der Waals surface area contributed by atoms with Crippen LogP contribution in [-0.4, -0.2) is 25.4 Å². The van der Waals surface area contributed by atoms with E-state index in [-0.39, 0.29) is 17.9 Å². The molecule has 0 radical (unpaired) electrons. The van der Waals surface area contributed by atoms with Crippen molar-refractivity contribution >= 4 is 23.3 Å². The second-order valence-electron chi connectivity index (χ2n) is 4.29. The molecule has 0 spiro atoms. The standard InChI is InChI=1S/C14H10ClN3O3/c15-9-2-3-12(11(6-9)13(19)20)21-8-10-7-18-5-1-4-16-14(18)17-10/h1-7H,8H2,(H,19,20). The van der Waals surface area contributed by atoms with Crippen molar-refractivity contribution in [1.82, 2.24) is 14.4 Å². The van der Waals surface area contributed by atoms with Crippen molar-refractivity contribution < 1.29 is 14.6 Å². The molecule has 0 atom stereocenters. The molecule has 3 rings (SSSR count). The van der Waals surface area contributed by atoms with E-state index in [1.54, 1.807) is 28.9 Å². The molecule has 0 aliphatic heterocycles. The highest BCUT2D eigenvalue weighted by Crippen LogP contribution is 2.23. The zero-order valence-electron chi connectivity index (χ0n) is 10.7. The van der Waals surface area contributed by atoms with Crippen molar-refractivity contribution in [3.05, 3.63) is 59.1 Å². The van der Waals surface area contributed by atoms with E-state index in [1.807, 2.05) is 6.20 Å². The number of ether oxygens (including phenoxy) is 1. The van der Waals surface area contributed by atoms with E-state index in [0.29, 0.717) is 16.5 Å². The molecule has 0 fully saturated rings. The molecule has 1 aromatic carbocycles. The maximum Gasteiger partial charge on any atom is 0.339 e. The van der Waals surface area contributed by atoms with E-state index in [1.165, 1.54) is 12.1 Å². The van der Waals surface area contributed by atoms with Crippen molar-refractivity contribution in [1.29, 1.82) is 0 Å². The van der Waals surface area contributed by atoms with Crippen molar-refractivity contribution in [2.75, 3.05) is 0 Å². The normalized spacial score (nSPS) is 10.7. The van der Waals surface area contributed by atoms with Crippen LogP contribution in [0.4, 0.5) is 0 Å². The quantitative estimate of drug-likeness (QED) is 0.802. The van der Waals surface area contributed by atoms with Gasteiger partial charge in [-0.2, -0.15) is 0 Å². The monoisotopic (exact) mass is 303 g/mol. The fraction of sp³-hybridized carbons (Fsp3) is 0.0714. The molecule has 0 saturated heterocycles. The highest BCUT2D eigenvalue weighted by Gasteiger charge is 2.13. The molecule has 2 aromatic heterocycles. The first-order chi connectivity index (χ1) is 10.1. The first kappa shape index (κ1) is 13.4. The number of aromatic carboxylic acids is 1. The molecular formula is C14H10ClN3O3. The minimum atomic E-state index is -1.09. The Kier molecular flexibility index (Phi) is 3.45. The van der Waals surface area contributed by atoms with Crippen LogP contribution in [-0.2, 0) is 6.61 Å². The number of nitrogens with zero attached hydrogens (tertiary/aromatic N) is 3. The number of halogens is 1. The summed E-state index contributed by atoms with van der Waals surface area (Å²) < 4.78 is 7.29. The second kappa shape index (κ2) is 5.41. The van der Waals surface area contributed by atoms with Gasteiger partial charge < -0.3 is 9.84 Å². The van der Waals surface area contributed by atoms with Gasteiger partial charge in [-0.05, 0) is 24.3 Å². The van der Waals surface area contributed by atoms with Crippen LogP contribution in [0.2, 0.25) is 5.02 Å². The Hall–Kier alpha value is -2.60. The zero-order valence-corrected chi connectivity index (χ0v) is 11.5. The number of rotatable bonds is 4. The third-order valence-corrected chi connectivity index (χ3v) is 3.07. The number of carboxylic acids is 1. The molecule has 0 saturated carbocycles. The Labute approximate surface area is 124 Å². The molecule has 2 heterocycles. The first-order valence-corrected chi connectivity index (χ1v) is 6.45. The highest BCUT2D eigenvalue weighted by atomic mass is 35.5. The molecule has 0 amide bonds. The van der Waals surface area contributed by atoms with Crippen molar-refractivity contribution in [3.8, 4) is 5.75 Å². The van der Waals surface area contributed by atoms with Gasteiger partial charge in [0.25, 0.3) is 0 Å². The summed E-state index contributed by atoms with van der Waals surface area (Å²) in [6.07, 6.45) is 5.25. The summed E-state index contributed by atoms with van der Waals surface area (Å²) in [5, 5.41) is 9.48. The van der Waals surface area contributed by atoms with Crippen molar-refractivity contribution in [2.45, 2.75) is 6.61 Å². The number of benzene rings is 1. The molecule has 0 aliphatic carbocycles. The maximum atomic E-state index is 11.2. The minimum Gasteiger partial charge on any atom is -0.486 e. The van der Waals surface area contributed by atoms with Gasteiger partial charge in [0.05, 0.1) is 5.69 Å². The molecular weight excluding hydrogens is 294 g/mol. The van der Waals surface area contributed by atoms with E-state index in [9.17, 15) is 4.79 Å². The summed E-state index contributed by atoms with van der Waals surface area (Å²) >= 11 is 5.79. The summed E-state index contributed by atoms with van der Waals surface area (Å²) in [4.78, 5) is 19.5. The maximum absolute atomic E-state index is 11.2. The predicted octanol–water partition coefficient (Wildman–Crippen LogP) is 2.66. The number of aromatic nitrogens is 3. The van der Waals surface area contributed by atoms with Crippen LogP contribution >= 0.6 is 11.6 Å².